The number of nitro groups is 1. The average Bonchev–Trinajstić information content (AvgIpc) is 3.26. The SMILES string of the molecule is Cc1nc(NC(=O)C2CC2)sc1Cc1cccc([N+](=O)[O-])c1. The van der Waals surface area contributed by atoms with Crippen LogP contribution in [0.4, 0.5) is 10.8 Å². The van der Waals surface area contributed by atoms with E-state index in [0.29, 0.717) is 11.6 Å². The number of thiazole rings is 1. The van der Waals surface area contributed by atoms with Gasteiger partial charge in [0.2, 0.25) is 5.91 Å². The predicted octanol–water partition coefficient (Wildman–Crippen LogP) is 3.30. The molecule has 0 spiro atoms. The molecule has 2 aromatic rings. The van der Waals surface area contributed by atoms with Crippen molar-refractivity contribution >= 4 is 28.1 Å². The molecule has 1 fully saturated rings. The molecular weight excluding hydrogens is 302 g/mol. The Bertz CT molecular complexity index is 737. The van der Waals surface area contributed by atoms with E-state index in [1.54, 1.807) is 12.1 Å². The Kier molecular flexibility index (Phi) is 3.89. The molecule has 0 unspecified atom stereocenters. The molecule has 0 bridgehead atoms. The van der Waals surface area contributed by atoms with E-state index in [2.05, 4.69) is 10.3 Å². The van der Waals surface area contributed by atoms with E-state index in [-0.39, 0.29) is 17.5 Å². The van der Waals surface area contributed by atoms with E-state index in [4.69, 9.17) is 0 Å². The van der Waals surface area contributed by atoms with Gasteiger partial charge < -0.3 is 5.32 Å². The highest BCUT2D eigenvalue weighted by Crippen LogP contribution is 2.32. The molecule has 22 heavy (non-hydrogen) atoms. The zero-order valence-corrected chi connectivity index (χ0v) is 12.9. The maximum Gasteiger partial charge on any atom is 0.269 e. The van der Waals surface area contributed by atoms with Gasteiger partial charge in [0, 0.05) is 29.3 Å². The van der Waals surface area contributed by atoms with Crippen molar-refractivity contribution in [1.29, 1.82) is 0 Å². The minimum atomic E-state index is -0.398. The molecule has 1 saturated carbocycles. The smallest absolute Gasteiger partial charge is 0.269 e. The van der Waals surface area contributed by atoms with Crippen LogP contribution in [0, 0.1) is 23.0 Å². The van der Waals surface area contributed by atoms with Crippen LogP contribution < -0.4 is 5.32 Å². The highest BCUT2D eigenvalue weighted by Gasteiger charge is 2.30. The average molecular weight is 317 g/mol. The number of nitrogens with zero attached hydrogens (tertiary/aromatic N) is 2. The van der Waals surface area contributed by atoms with Gasteiger partial charge >= 0.3 is 0 Å². The number of carbonyl (C=O) groups is 1. The maximum atomic E-state index is 11.8. The van der Waals surface area contributed by atoms with E-state index >= 15 is 0 Å². The van der Waals surface area contributed by atoms with Crippen LogP contribution in [0.1, 0.15) is 29.0 Å². The molecule has 1 aliphatic carbocycles. The van der Waals surface area contributed by atoms with Gasteiger partial charge in [-0.15, -0.1) is 11.3 Å². The third-order valence-electron chi connectivity index (χ3n) is 3.56. The number of aromatic nitrogens is 1. The van der Waals surface area contributed by atoms with Crippen LogP contribution in [0.5, 0.6) is 0 Å². The summed E-state index contributed by atoms with van der Waals surface area (Å²) < 4.78 is 0. The lowest BCUT2D eigenvalue weighted by molar-refractivity contribution is -0.384. The molecule has 0 saturated heterocycles. The largest absolute Gasteiger partial charge is 0.302 e. The molecule has 0 radical (unpaired) electrons. The second-order valence-corrected chi connectivity index (χ2v) is 6.48. The van der Waals surface area contributed by atoms with Gasteiger partial charge in [-0.1, -0.05) is 12.1 Å². The van der Waals surface area contributed by atoms with Gasteiger partial charge in [-0.3, -0.25) is 14.9 Å². The summed E-state index contributed by atoms with van der Waals surface area (Å²) >= 11 is 1.43. The van der Waals surface area contributed by atoms with Crippen LogP contribution in [0.25, 0.3) is 0 Å². The molecule has 1 N–H and O–H groups in total. The van der Waals surface area contributed by atoms with Gasteiger partial charge in [-0.25, -0.2) is 4.98 Å². The van der Waals surface area contributed by atoms with E-state index in [1.807, 2.05) is 13.0 Å². The second kappa shape index (κ2) is 5.84. The standard InChI is InChI=1S/C15H15N3O3S/c1-9-13(8-10-3-2-4-12(7-10)18(20)21)22-15(16-9)17-14(19)11-5-6-11/h2-4,7,11H,5-6,8H2,1H3,(H,16,17,19). The van der Waals surface area contributed by atoms with Gasteiger partial charge in [0.05, 0.1) is 10.6 Å². The summed E-state index contributed by atoms with van der Waals surface area (Å²) in [6.45, 7) is 1.88. The highest BCUT2D eigenvalue weighted by molar-refractivity contribution is 7.15. The summed E-state index contributed by atoms with van der Waals surface area (Å²) in [6.07, 6.45) is 2.48. The predicted molar refractivity (Wildman–Crippen MR) is 84.1 cm³/mol. The third kappa shape index (κ3) is 3.30. The summed E-state index contributed by atoms with van der Waals surface area (Å²) in [7, 11) is 0. The lowest BCUT2D eigenvalue weighted by Gasteiger charge is -2.00. The molecule has 1 heterocycles. The summed E-state index contributed by atoms with van der Waals surface area (Å²) in [5.41, 5.74) is 1.80. The number of benzene rings is 1. The minimum absolute atomic E-state index is 0.0376. The van der Waals surface area contributed by atoms with Crippen LogP contribution in [-0.4, -0.2) is 15.8 Å². The third-order valence-corrected chi connectivity index (χ3v) is 4.63. The van der Waals surface area contributed by atoms with E-state index in [0.717, 1.165) is 29.0 Å². The first-order valence-corrected chi connectivity index (χ1v) is 7.85. The fourth-order valence-electron chi connectivity index (χ4n) is 2.16. The monoisotopic (exact) mass is 317 g/mol. The Hall–Kier alpha value is -2.28. The summed E-state index contributed by atoms with van der Waals surface area (Å²) in [5.74, 6) is 0.181. The Labute approximate surface area is 131 Å². The quantitative estimate of drug-likeness (QED) is 0.677. The summed E-state index contributed by atoms with van der Waals surface area (Å²) in [4.78, 5) is 27.5. The highest BCUT2D eigenvalue weighted by atomic mass is 32.1. The number of rotatable bonds is 5. The molecule has 0 atom stereocenters. The van der Waals surface area contributed by atoms with Crippen molar-refractivity contribution in [2.24, 2.45) is 5.92 Å². The number of non-ortho nitro benzene ring substituents is 1. The molecule has 1 amide bonds. The molecule has 7 heteroatoms. The van der Waals surface area contributed by atoms with Crippen molar-refractivity contribution < 1.29 is 9.72 Å². The maximum absolute atomic E-state index is 11.8. The van der Waals surface area contributed by atoms with Crippen molar-refractivity contribution in [3.05, 3.63) is 50.5 Å². The van der Waals surface area contributed by atoms with Crippen molar-refractivity contribution in [1.82, 2.24) is 4.98 Å². The number of hydrogen-bond acceptors (Lipinski definition) is 5. The number of nitro benzene ring substituents is 1. The van der Waals surface area contributed by atoms with Gasteiger partial charge in [0.25, 0.3) is 5.69 Å². The first kappa shape index (κ1) is 14.6. The van der Waals surface area contributed by atoms with Crippen LogP contribution >= 0.6 is 11.3 Å². The number of hydrogen-bond donors (Lipinski definition) is 1. The molecule has 3 rings (SSSR count). The zero-order chi connectivity index (χ0) is 15.7. The summed E-state index contributed by atoms with van der Waals surface area (Å²) in [5, 5.41) is 14.3. The van der Waals surface area contributed by atoms with Gasteiger partial charge in [-0.2, -0.15) is 0 Å². The molecular formula is C15H15N3O3S. The summed E-state index contributed by atoms with van der Waals surface area (Å²) in [6, 6.07) is 6.58. The minimum Gasteiger partial charge on any atom is -0.302 e. The van der Waals surface area contributed by atoms with Crippen molar-refractivity contribution in [3.63, 3.8) is 0 Å². The van der Waals surface area contributed by atoms with Crippen molar-refractivity contribution in [2.75, 3.05) is 5.32 Å². The first-order valence-electron chi connectivity index (χ1n) is 7.03. The van der Waals surface area contributed by atoms with Crippen LogP contribution in [-0.2, 0) is 11.2 Å². The Morgan fingerprint density at radius 3 is 2.95 bits per heavy atom. The number of nitrogens with one attached hydrogen (secondary N) is 1. The van der Waals surface area contributed by atoms with E-state index in [9.17, 15) is 14.9 Å². The first-order chi connectivity index (χ1) is 10.5. The van der Waals surface area contributed by atoms with Crippen LogP contribution in [0.15, 0.2) is 24.3 Å². The lowest BCUT2D eigenvalue weighted by Crippen LogP contribution is -2.12. The zero-order valence-electron chi connectivity index (χ0n) is 12.0. The van der Waals surface area contributed by atoms with Crippen molar-refractivity contribution in [2.45, 2.75) is 26.2 Å². The van der Waals surface area contributed by atoms with Crippen LogP contribution in [0.3, 0.4) is 0 Å². The van der Waals surface area contributed by atoms with E-state index in [1.165, 1.54) is 17.4 Å². The lowest BCUT2D eigenvalue weighted by atomic mass is 10.1. The Morgan fingerprint density at radius 2 is 2.27 bits per heavy atom. The molecule has 1 aromatic heterocycles. The molecule has 0 aliphatic heterocycles. The normalized spacial score (nSPS) is 13.9. The molecule has 1 aliphatic rings. The van der Waals surface area contributed by atoms with Crippen molar-refractivity contribution in [3.8, 4) is 0 Å². The number of amides is 1. The molecule has 114 valence electrons. The van der Waals surface area contributed by atoms with E-state index < -0.39 is 4.92 Å². The number of aryl methyl sites for hydroxylation is 1. The second-order valence-electron chi connectivity index (χ2n) is 5.39. The van der Waals surface area contributed by atoms with Gasteiger partial charge in [0.1, 0.15) is 0 Å². The molecule has 1 aromatic carbocycles. The fraction of sp³-hybridized carbons (Fsp3) is 0.333. The topological polar surface area (TPSA) is 85.1 Å². The van der Waals surface area contributed by atoms with Gasteiger partial charge in [-0.05, 0) is 25.3 Å². The number of anilines is 1. The van der Waals surface area contributed by atoms with Gasteiger partial charge in [0.15, 0.2) is 5.13 Å². The number of carbonyl (C=O) groups excluding carboxylic acids is 1. The van der Waals surface area contributed by atoms with Crippen LogP contribution in [0.2, 0.25) is 0 Å². The Balaban J connectivity index is 1.74. The Morgan fingerprint density at radius 1 is 1.50 bits per heavy atom. The fourth-order valence-corrected chi connectivity index (χ4v) is 3.16. The molecule has 6 nitrogen and oxygen atoms in total.